The number of carbonyl (C=O) groups excluding carboxylic acids is 1. The number of benzene rings is 2. The number of hydrogen-bond donors (Lipinski definition) is 0. The quantitative estimate of drug-likeness (QED) is 0.545. The van der Waals surface area contributed by atoms with Crippen molar-refractivity contribution in [2.75, 3.05) is 38.7 Å². The predicted molar refractivity (Wildman–Crippen MR) is 124 cm³/mol. The van der Waals surface area contributed by atoms with Crippen molar-refractivity contribution in [1.29, 1.82) is 0 Å². The summed E-state index contributed by atoms with van der Waals surface area (Å²) < 4.78 is 6.84. The lowest BCUT2D eigenvalue weighted by Crippen LogP contribution is -2.39. The van der Waals surface area contributed by atoms with Gasteiger partial charge in [0, 0.05) is 13.1 Å². The third-order valence-corrected chi connectivity index (χ3v) is 5.77. The van der Waals surface area contributed by atoms with Crippen molar-refractivity contribution in [2.24, 2.45) is 0 Å². The Kier molecular flexibility index (Phi) is 8.02. The summed E-state index contributed by atoms with van der Waals surface area (Å²) in [5, 5.41) is 0.725. The summed E-state index contributed by atoms with van der Waals surface area (Å²) in [6.45, 7) is 7.48. The standard InChI is InChI=1S/C22H27N3O2S.ClH/c1-15-7-6-8-18(13-15)27-14-20(26)25(12-11-24(4)5)22-23-21-17(3)16(2)9-10-19(21)28-22;/h6-10,13H,11-12,14H2,1-5H3;1H. The molecule has 0 fully saturated rings. The lowest BCUT2D eigenvalue weighted by molar-refractivity contribution is -0.120. The number of fused-ring (bicyclic) bond motifs is 1. The van der Waals surface area contributed by atoms with E-state index in [2.05, 4.69) is 30.9 Å². The average Bonchev–Trinajstić information content (AvgIpc) is 3.08. The number of thiazole rings is 1. The minimum Gasteiger partial charge on any atom is -0.484 e. The Morgan fingerprint density at radius 1 is 1.10 bits per heavy atom. The maximum Gasteiger partial charge on any atom is 0.266 e. The third-order valence-electron chi connectivity index (χ3n) is 4.73. The second-order valence-electron chi connectivity index (χ2n) is 7.30. The van der Waals surface area contributed by atoms with Crippen molar-refractivity contribution in [3.8, 4) is 5.75 Å². The van der Waals surface area contributed by atoms with Gasteiger partial charge in [0.25, 0.3) is 5.91 Å². The fraction of sp³-hybridized carbons (Fsp3) is 0.364. The molecule has 1 amide bonds. The molecule has 156 valence electrons. The van der Waals surface area contributed by atoms with E-state index < -0.39 is 0 Å². The van der Waals surface area contributed by atoms with E-state index in [4.69, 9.17) is 9.72 Å². The van der Waals surface area contributed by atoms with Gasteiger partial charge in [-0.05, 0) is 69.8 Å². The van der Waals surface area contributed by atoms with E-state index >= 15 is 0 Å². The summed E-state index contributed by atoms with van der Waals surface area (Å²) in [6, 6.07) is 11.9. The van der Waals surface area contributed by atoms with Gasteiger partial charge in [0.05, 0.1) is 10.2 Å². The lowest BCUT2D eigenvalue weighted by Gasteiger charge is -2.22. The highest BCUT2D eigenvalue weighted by Gasteiger charge is 2.21. The van der Waals surface area contributed by atoms with Crippen LogP contribution in [0.1, 0.15) is 16.7 Å². The molecule has 0 spiro atoms. The maximum atomic E-state index is 13.0. The second kappa shape index (κ2) is 10.1. The summed E-state index contributed by atoms with van der Waals surface area (Å²) in [5.74, 6) is 0.619. The lowest BCUT2D eigenvalue weighted by atomic mass is 10.1. The molecule has 3 rings (SSSR count). The number of likely N-dealkylation sites (N-methyl/N-ethyl adjacent to an activating group) is 1. The molecule has 0 radical (unpaired) electrons. The van der Waals surface area contributed by atoms with E-state index in [-0.39, 0.29) is 24.9 Å². The zero-order valence-electron chi connectivity index (χ0n) is 17.6. The van der Waals surface area contributed by atoms with Crippen molar-refractivity contribution < 1.29 is 9.53 Å². The van der Waals surface area contributed by atoms with Crippen molar-refractivity contribution in [1.82, 2.24) is 9.88 Å². The molecular formula is C22H28ClN3O2S. The number of carbonyl (C=O) groups is 1. The van der Waals surface area contributed by atoms with Crippen LogP contribution in [0.15, 0.2) is 36.4 Å². The van der Waals surface area contributed by atoms with Gasteiger partial charge in [-0.25, -0.2) is 4.98 Å². The molecule has 0 aliphatic carbocycles. The summed E-state index contributed by atoms with van der Waals surface area (Å²) in [7, 11) is 4.00. The molecule has 2 aromatic carbocycles. The molecular weight excluding hydrogens is 406 g/mol. The fourth-order valence-electron chi connectivity index (χ4n) is 2.88. The first-order chi connectivity index (χ1) is 13.3. The molecule has 0 atom stereocenters. The Labute approximate surface area is 182 Å². The Morgan fingerprint density at radius 3 is 2.55 bits per heavy atom. The Balaban J connectivity index is 0.00000300. The molecule has 0 aliphatic heterocycles. The van der Waals surface area contributed by atoms with Crippen molar-refractivity contribution >= 4 is 45.0 Å². The normalized spacial score (nSPS) is 10.8. The molecule has 0 N–H and O–H groups in total. The van der Waals surface area contributed by atoms with Crippen molar-refractivity contribution in [3.05, 3.63) is 53.1 Å². The van der Waals surface area contributed by atoms with E-state index in [1.807, 2.05) is 45.3 Å². The van der Waals surface area contributed by atoms with Crippen LogP contribution in [0.25, 0.3) is 10.2 Å². The monoisotopic (exact) mass is 433 g/mol. The van der Waals surface area contributed by atoms with Crippen LogP contribution in [0.3, 0.4) is 0 Å². The van der Waals surface area contributed by atoms with Gasteiger partial charge in [-0.2, -0.15) is 0 Å². The van der Waals surface area contributed by atoms with Crippen LogP contribution in [-0.2, 0) is 4.79 Å². The van der Waals surface area contributed by atoms with E-state index in [9.17, 15) is 4.79 Å². The number of aryl methyl sites for hydroxylation is 3. The molecule has 29 heavy (non-hydrogen) atoms. The minimum absolute atomic E-state index is 0. The highest BCUT2D eigenvalue weighted by Crippen LogP contribution is 2.32. The van der Waals surface area contributed by atoms with E-state index in [1.165, 1.54) is 5.56 Å². The van der Waals surface area contributed by atoms with Gasteiger partial charge in [0.15, 0.2) is 11.7 Å². The summed E-state index contributed by atoms with van der Waals surface area (Å²) in [4.78, 5) is 21.6. The van der Waals surface area contributed by atoms with Gasteiger partial charge >= 0.3 is 0 Å². The smallest absolute Gasteiger partial charge is 0.266 e. The first kappa shape index (κ1) is 23.1. The maximum absolute atomic E-state index is 13.0. The molecule has 5 nitrogen and oxygen atoms in total. The molecule has 1 heterocycles. The fourth-order valence-corrected chi connectivity index (χ4v) is 3.95. The van der Waals surface area contributed by atoms with E-state index in [1.54, 1.807) is 16.2 Å². The van der Waals surface area contributed by atoms with Gasteiger partial charge in [-0.15, -0.1) is 12.4 Å². The van der Waals surface area contributed by atoms with Crippen molar-refractivity contribution in [3.63, 3.8) is 0 Å². The zero-order chi connectivity index (χ0) is 20.3. The third kappa shape index (κ3) is 5.69. The van der Waals surface area contributed by atoms with E-state index in [0.717, 1.165) is 33.0 Å². The highest BCUT2D eigenvalue weighted by molar-refractivity contribution is 7.22. The van der Waals surface area contributed by atoms with Gasteiger partial charge in [-0.1, -0.05) is 29.5 Å². The summed E-state index contributed by atoms with van der Waals surface area (Å²) >= 11 is 1.55. The Hall–Kier alpha value is -2.15. The molecule has 1 aromatic heterocycles. The minimum atomic E-state index is -0.0863. The largest absolute Gasteiger partial charge is 0.484 e. The van der Waals surface area contributed by atoms with Gasteiger partial charge in [0.2, 0.25) is 0 Å². The predicted octanol–water partition coefficient (Wildman–Crippen LogP) is 4.62. The topological polar surface area (TPSA) is 45.7 Å². The first-order valence-corrected chi connectivity index (χ1v) is 10.2. The number of hydrogen-bond acceptors (Lipinski definition) is 5. The van der Waals surface area contributed by atoms with Crippen LogP contribution < -0.4 is 9.64 Å². The SMILES string of the molecule is Cc1cccc(OCC(=O)N(CCN(C)C)c2nc3c(C)c(C)ccc3s2)c1.Cl. The molecule has 0 aliphatic rings. The molecule has 7 heteroatoms. The highest BCUT2D eigenvalue weighted by atomic mass is 35.5. The number of amides is 1. The van der Waals surface area contributed by atoms with Crippen LogP contribution in [0.4, 0.5) is 5.13 Å². The molecule has 3 aromatic rings. The van der Waals surface area contributed by atoms with Crippen LogP contribution >= 0.6 is 23.7 Å². The Morgan fingerprint density at radius 2 is 1.86 bits per heavy atom. The molecule has 0 unspecified atom stereocenters. The molecule has 0 bridgehead atoms. The zero-order valence-corrected chi connectivity index (χ0v) is 19.2. The summed E-state index contributed by atoms with van der Waals surface area (Å²) in [5.41, 5.74) is 4.45. The van der Waals surface area contributed by atoms with Gasteiger partial charge in [-0.3, -0.25) is 9.69 Å². The van der Waals surface area contributed by atoms with Crippen molar-refractivity contribution in [2.45, 2.75) is 20.8 Å². The number of nitrogens with zero attached hydrogens (tertiary/aromatic N) is 3. The van der Waals surface area contributed by atoms with Crippen LogP contribution in [-0.4, -0.2) is 49.6 Å². The number of rotatable bonds is 7. The number of ether oxygens (including phenoxy) is 1. The van der Waals surface area contributed by atoms with E-state index in [0.29, 0.717) is 12.3 Å². The van der Waals surface area contributed by atoms with Crippen LogP contribution in [0.5, 0.6) is 5.75 Å². The molecule has 0 saturated carbocycles. The number of halogens is 1. The van der Waals surface area contributed by atoms with Crippen LogP contribution in [0.2, 0.25) is 0 Å². The average molecular weight is 434 g/mol. The Bertz CT molecular complexity index is 987. The van der Waals surface area contributed by atoms with Gasteiger partial charge < -0.3 is 9.64 Å². The molecule has 0 saturated heterocycles. The van der Waals surface area contributed by atoms with Gasteiger partial charge in [0.1, 0.15) is 5.75 Å². The first-order valence-electron chi connectivity index (χ1n) is 9.36. The van der Waals surface area contributed by atoms with Crippen LogP contribution in [0, 0.1) is 20.8 Å². The number of anilines is 1. The number of aromatic nitrogens is 1. The second-order valence-corrected chi connectivity index (χ2v) is 8.31. The summed E-state index contributed by atoms with van der Waals surface area (Å²) in [6.07, 6.45) is 0.